The second-order valence-electron chi connectivity index (χ2n) is 7.72. The quantitative estimate of drug-likeness (QED) is 0.359. The van der Waals surface area contributed by atoms with Crippen LogP contribution in [0.3, 0.4) is 0 Å². The predicted octanol–water partition coefficient (Wildman–Crippen LogP) is 1.66. The van der Waals surface area contributed by atoms with Crippen LogP contribution in [0.15, 0.2) is 60.8 Å². The number of amides is 4. The largest absolute Gasteiger partial charge is 0.361 e. The molecule has 0 bridgehead atoms. The number of carbonyl (C=O) groups excluding carboxylic acids is 4. The molecule has 0 spiro atoms. The predicted molar refractivity (Wildman–Crippen MR) is 118 cm³/mol. The maximum atomic E-state index is 12.8. The Balaban J connectivity index is 1.38. The highest BCUT2D eigenvalue weighted by molar-refractivity contribution is 6.10. The van der Waals surface area contributed by atoms with Gasteiger partial charge in [0.2, 0.25) is 5.91 Å². The van der Waals surface area contributed by atoms with Gasteiger partial charge in [-0.2, -0.15) is 5.26 Å². The molecular formula is C24H21N5O4. The summed E-state index contributed by atoms with van der Waals surface area (Å²) in [5.41, 5.74) is 2.58. The lowest BCUT2D eigenvalue weighted by Crippen LogP contribution is -2.42. The second kappa shape index (κ2) is 9.36. The minimum atomic E-state index is -1.62. The number of urea groups is 1. The van der Waals surface area contributed by atoms with Crippen LogP contribution in [0, 0.1) is 17.2 Å². The summed E-state index contributed by atoms with van der Waals surface area (Å²) < 4.78 is 0. The number of nitriles is 1. The number of Topliss-reactive ketones (excluding diaryl/α,β-unsaturated/α-hetero) is 1. The third-order valence-corrected chi connectivity index (χ3v) is 5.54. The minimum absolute atomic E-state index is 0.154. The first-order chi connectivity index (χ1) is 16.0. The second-order valence-corrected chi connectivity index (χ2v) is 7.72. The number of H-pyrrole nitrogens is 1. The summed E-state index contributed by atoms with van der Waals surface area (Å²) in [7, 11) is 0. The Labute approximate surface area is 189 Å². The van der Waals surface area contributed by atoms with Crippen LogP contribution in [0.2, 0.25) is 0 Å². The van der Waals surface area contributed by atoms with Gasteiger partial charge in [0.15, 0.2) is 11.7 Å². The lowest BCUT2D eigenvalue weighted by molar-refractivity contribution is -0.136. The summed E-state index contributed by atoms with van der Waals surface area (Å²) in [6, 6.07) is 16.7. The molecule has 9 heteroatoms. The number of carbonyl (C=O) groups is 4. The van der Waals surface area contributed by atoms with Crippen molar-refractivity contribution in [2.75, 3.05) is 6.54 Å². The Morgan fingerprint density at radius 2 is 1.82 bits per heavy atom. The molecule has 166 valence electrons. The summed E-state index contributed by atoms with van der Waals surface area (Å²) in [5.74, 6) is -3.78. The number of aromatic amines is 1. The van der Waals surface area contributed by atoms with Crippen molar-refractivity contribution in [3.8, 4) is 6.07 Å². The van der Waals surface area contributed by atoms with Crippen molar-refractivity contribution in [1.29, 1.82) is 5.26 Å². The average molecular weight is 443 g/mol. The highest BCUT2D eigenvalue weighted by atomic mass is 16.2. The Morgan fingerprint density at radius 3 is 2.58 bits per heavy atom. The summed E-state index contributed by atoms with van der Waals surface area (Å²) >= 11 is 0. The molecule has 0 unspecified atom stereocenters. The molecule has 33 heavy (non-hydrogen) atoms. The monoisotopic (exact) mass is 443 g/mol. The number of fused-ring (bicyclic) bond motifs is 1. The van der Waals surface area contributed by atoms with Crippen molar-refractivity contribution in [2.24, 2.45) is 5.92 Å². The minimum Gasteiger partial charge on any atom is -0.361 e. The number of rotatable bonds is 8. The fourth-order valence-corrected chi connectivity index (χ4v) is 3.80. The fourth-order valence-electron chi connectivity index (χ4n) is 3.80. The molecule has 2 aromatic carbocycles. The smallest absolute Gasteiger partial charge is 0.325 e. The molecule has 2 heterocycles. The van der Waals surface area contributed by atoms with Gasteiger partial charge in [0, 0.05) is 30.1 Å². The first-order valence-electron chi connectivity index (χ1n) is 10.4. The van der Waals surface area contributed by atoms with Crippen LogP contribution in [0.5, 0.6) is 0 Å². The standard InChI is InChI=1S/C24H21N5O4/c25-11-18(22(31)27-12-15-6-2-1-3-7-15)21(30)14-29-23(32)20(28-24(29)33)10-16-13-26-19-9-5-4-8-17(16)19/h1-9,13,18,20,26H,10,12,14H2,(H,27,31)(H,28,33)/t18-,20+/m0/s1. The van der Waals surface area contributed by atoms with E-state index in [-0.39, 0.29) is 13.0 Å². The summed E-state index contributed by atoms with van der Waals surface area (Å²) in [6.07, 6.45) is 2.03. The first kappa shape index (κ1) is 21.8. The lowest BCUT2D eigenvalue weighted by atomic mass is 10.0. The highest BCUT2D eigenvalue weighted by Gasteiger charge is 2.41. The van der Waals surface area contributed by atoms with Crippen molar-refractivity contribution >= 4 is 34.5 Å². The van der Waals surface area contributed by atoms with E-state index in [4.69, 9.17) is 0 Å². The van der Waals surface area contributed by atoms with Crippen LogP contribution in [0.4, 0.5) is 4.79 Å². The summed E-state index contributed by atoms with van der Waals surface area (Å²) in [6.45, 7) is -0.493. The van der Waals surface area contributed by atoms with E-state index in [1.807, 2.05) is 30.3 Å². The normalized spacial score (nSPS) is 16.3. The molecule has 1 saturated heterocycles. The Bertz CT molecular complexity index is 1260. The first-order valence-corrected chi connectivity index (χ1v) is 10.4. The van der Waals surface area contributed by atoms with E-state index in [0.29, 0.717) is 0 Å². The number of imide groups is 1. The molecule has 2 atom stereocenters. The van der Waals surface area contributed by atoms with Crippen LogP contribution in [-0.2, 0) is 27.3 Å². The summed E-state index contributed by atoms with van der Waals surface area (Å²) in [4.78, 5) is 54.0. The van der Waals surface area contributed by atoms with Gasteiger partial charge in [0.25, 0.3) is 5.91 Å². The van der Waals surface area contributed by atoms with Crippen LogP contribution in [0.25, 0.3) is 10.9 Å². The van der Waals surface area contributed by atoms with Gasteiger partial charge in [0.1, 0.15) is 6.04 Å². The van der Waals surface area contributed by atoms with Gasteiger partial charge in [-0.05, 0) is 17.2 Å². The molecule has 3 N–H and O–H groups in total. The van der Waals surface area contributed by atoms with E-state index in [0.717, 1.165) is 26.9 Å². The number of hydrogen-bond acceptors (Lipinski definition) is 5. The number of hydrogen-bond donors (Lipinski definition) is 3. The van der Waals surface area contributed by atoms with E-state index in [1.165, 1.54) is 0 Å². The van der Waals surface area contributed by atoms with Crippen molar-refractivity contribution < 1.29 is 19.2 Å². The molecule has 9 nitrogen and oxygen atoms in total. The lowest BCUT2D eigenvalue weighted by Gasteiger charge is -2.15. The van der Waals surface area contributed by atoms with Gasteiger partial charge < -0.3 is 15.6 Å². The highest BCUT2D eigenvalue weighted by Crippen LogP contribution is 2.21. The molecule has 0 radical (unpaired) electrons. The van der Waals surface area contributed by atoms with Gasteiger partial charge in [-0.15, -0.1) is 0 Å². The maximum absolute atomic E-state index is 12.8. The van der Waals surface area contributed by atoms with Gasteiger partial charge in [-0.3, -0.25) is 19.3 Å². The molecule has 4 amide bonds. The third-order valence-electron chi connectivity index (χ3n) is 5.54. The van der Waals surface area contributed by atoms with Crippen molar-refractivity contribution in [2.45, 2.75) is 19.0 Å². The average Bonchev–Trinajstić information content (AvgIpc) is 3.35. The Kier molecular flexibility index (Phi) is 6.17. The number of benzene rings is 2. The molecule has 1 aliphatic rings. The molecule has 0 saturated carbocycles. The van der Waals surface area contributed by atoms with Crippen LogP contribution in [0.1, 0.15) is 11.1 Å². The van der Waals surface area contributed by atoms with Gasteiger partial charge in [-0.1, -0.05) is 48.5 Å². The van der Waals surface area contributed by atoms with Gasteiger partial charge in [0.05, 0.1) is 12.6 Å². The van der Waals surface area contributed by atoms with Crippen LogP contribution in [-0.4, -0.2) is 46.1 Å². The van der Waals surface area contributed by atoms with Crippen molar-refractivity contribution in [3.63, 3.8) is 0 Å². The molecular weight excluding hydrogens is 422 g/mol. The van der Waals surface area contributed by atoms with Crippen LogP contribution >= 0.6 is 0 Å². The molecule has 1 aromatic heterocycles. The van der Waals surface area contributed by atoms with Gasteiger partial charge >= 0.3 is 6.03 Å². The third kappa shape index (κ3) is 4.60. The zero-order valence-corrected chi connectivity index (χ0v) is 17.6. The molecule has 4 rings (SSSR count). The number of ketones is 1. The number of nitrogens with one attached hydrogen (secondary N) is 3. The van der Waals surface area contributed by atoms with Crippen LogP contribution < -0.4 is 10.6 Å². The van der Waals surface area contributed by atoms with Crippen molar-refractivity contribution in [3.05, 3.63) is 71.9 Å². The van der Waals surface area contributed by atoms with Crippen molar-refractivity contribution in [1.82, 2.24) is 20.5 Å². The molecule has 1 fully saturated rings. The fraction of sp³-hybridized carbons (Fsp3) is 0.208. The summed E-state index contributed by atoms with van der Waals surface area (Å²) in [5, 5.41) is 15.4. The maximum Gasteiger partial charge on any atom is 0.325 e. The Hall–Kier alpha value is -4.45. The molecule has 0 aliphatic carbocycles. The molecule has 1 aliphatic heterocycles. The number of para-hydroxylation sites is 1. The number of aromatic nitrogens is 1. The SMILES string of the molecule is N#C[C@@H](C(=O)CN1C(=O)N[C@H](Cc2c[nH]c3ccccc23)C1=O)C(=O)NCc1ccccc1. The van der Waals surface area contributed by atoms with Gasteiger partial charge in [-0.25, -0.2) is 4.79 Å². The Morgan fingerprint density at radius 1 is 1.09 bits per heavy atom. The number of nitrogens with zero attached hydrogens (tertiary/aromatic N) is 2. The van der Waals surface area contributed by atoms with E-state index < -0.39 is 42.1 Å². The van der Waals surface area contributed by atoms with E-state index in [1.54, 1.807) is 36.5 Å². The zero-order chi connectivity index (χ0) is 23.4. The zero-order valence-electron chi connectivity index (χ0n) is 17.6. The van der Waals surface area contributed by atoms with E-state index in [2.05, 4.69) is 15.6 Å². The topological polar surface area (TPSA) is 135 Å². The van der Waals surface area contributed by atoms with E-state index in [9.17, 15) is 24.4 Å². The molecule has 3 aromatic rings. The van der Waals surface area contributed by atoms with E-state index >= 15 is 0 Å².